The van der Waals surface area contributed by atoms with E-state index in [2.05, 4.69) is 0 Å². The zero-order chi connectivity index (χ0) is 25.2. The van der Waals surface area contributed by atoms with Crippen LogP contribution in [0.25, 0.3) is 0 Å². The number of para-hydroxylation sites is 1. The van der Waals surface area contributed by atoms with Crippen LogP contribution in [0.4, 0.5) is 18.9 Å². The Morgan fingerprint density at radius 1 is 1.03 bits per heavy atom. The van der Waals surface area contributed by atoms with Gasteiger partial charge in [0.2, 0.25) is 5.78 Å². The van der Waals surface area contributed by atoms with Crippen molar-refractivity contribution in [2.24, 2.45) is 11.8 Å². The summed E-state index contributed by atoms with van der Waals surface area (Å²) in [6, 6.07) is 11.1. The van der Waals surface area contributed by atoms with E-state index in [1.54, 1.807) is 24.3 Å². The van der Waals surface area contributed by atoms with Crippen LogP contribution in [0.5, 0.6) is 5.75 Å². The molecule has 1 heterocycles. The van der Waals surface area contributed by atoms with Crippen LogP contribution >= 0.6 is 11.8 Å². The van der Waals surface area contributed by atoms with Gasteiger partial charge in [0.15, 0.2) is 0 Å². The maximum Gasteiger partial charge on any atom is 0.446 e. The average molecular weight is 494 g/mol. The fourth-order valence-electron chi connectivity index (χ4n) is 4.01. The summed E-state index contributed by atoms with van der Waals surface area (Å²) in [6.07, 6.45) is -0.0894. The second-order valence-electron chi connectivity index (χ2n) is 8.77. The monoisotopic (exact) mass is 493 g/mol. The smallest absolute Gasteiger partial charge is 0.446 e. The number of thioether (sulfide) groups is 1. The molecule has 1 amide bonds. The van der Waals surface area contributed by atoms with E-state index in [0.717, 1.165) is 0 Å². The number of amides is 1. The summed E-state index contributed by atoms with van der Waals surface area (Å²) in [5, 5.41) is 0. The first-order valence-electron chi connectivity index (χ1n) is 10.9. The van der Waals surface area contributed by atoms with Gasteiger partial charge in [-0.05, 0) is 61.9 Å². The fourth-order valence-corrected chi connectivity index (χ4v) is 4.55. The molecule has 0 saturated carbocycles. The molecule has 1 aliphatic heterocycles. The Morgan fingerprint density at radius 3 is 2.21 bits per heavy atom. The van der Waals surface area contributed by atoms with Crippen LogP contribution in [0, 0.1) is 11.8 Å². The van der Waals surface area contributed by atoms with Crippen molar-refractivity contribution in [1.29, 1.82) is 0 Å². The summed E-state index contributed by atoms with van der Waals surface area (Å²) in [7, 11) is 0. The number of nitrogens with zero attached hydrogens (tertiary/aromatic N) is 1. The lowest BCUT2D eigenvalue weighted by atomic mass is 9.85. The quantitative estimate of drug-likeness (QED) is 0.257. The van der Waals surface area contributed by atoms with Crippen molar-refractivity contribution in [2.75, 3.05) is 4.90 Å². The summed E-state index contributed by atoms with van der Waals surface area (Å²) in [4.78, 5) is 40.5. The predicted octanol–water partition coefficient (Wildman–Crippen LogP) is 5.97. The van der Waals surface area contributed by atoms with Crippen LogP contribution in [-0.2, 0) is 14.4 Å². The molecular formula is C25H26F3NO4S. The number of anilines is 1. The van der Waals surface area contributed by atoms with E-state index < -0.39 is 29.2 Å². The van der Waals surface area contributed by atoms with Gasteiger partial charge in [-0.15, -0.1) is 0 Å². The topological polar surface area (TPSA) is 63.7 Å². The standard InChI is InChI=1S/C25H26F3NO4S/c1-14(2)13-19(30)21-22(18-7-5-6-8-20(18)33-15(3)4)29(24(32)23(21)31)16-9-11-17(12-10-16)34-25(26,27)28/h5-12,14-15,21-22H,13H2,1-4H3. The van der Waals surface area contributed by atoms with Gasteiger partial charge in [0.05, 0.1) is 12.1 Å². The highest BCUT2D eigenvalue weighted by Crippen LogP contribution is 2.45. The lowest BCUT2D eigenvalue weighted by Gasteiger charge is -2.29. The Kier molecular flexibility index (Phi) is 7.75. The minimum Gasteiger partial charge on any atom is -0.491 e. The molecule has 3 rings (SSSR count). The Labute approximate surface area is 200 Å². The third-order valence-corrected chi connectivity index (χ3v) is 5.95. The Morgan fingerprint density at radius 2 is 1.65 bits per heavy atom. The van der Waals surface area contributed by atoms with Crippen molar-refractivity contribution in [3.05, 3.63) is 54.1 Å². The number of hydrogen-bond acceptors (Lipinski definition) is 5. The molecule has 2 aromatic rings. The van der Waals surface area contributed by atoms with Crippen molar-refractivity contribution in [3.63, 3.8) is 0 Å². The van der Waals surface area contributed by atoms with Crippen LogP contribution in [0.15, 0.2) is 53.4 Å². The van der Waals surface area contributed by atoms with Crippen molar-refractivity contribution in [1.82, 2.24) is 0 Å². The van der Waals surface area contributed by atoms with Gasteiger partial charge in [0, 0.05) is 22.6 Å². The van der Waals surface area contributed by atoms with E-state index in [1.807, 2.05) is 27.7 Å². The van der Waals surface area contributed by atoms with Gasteiger partial charge in [-0.25, -0.2) is 0 Å². The number of ether oxygens (including phenoxy) is 1. The number of Topliss-reactive ketones (excluding diaryl/α,β-unsaturated/α-hetero) is 2. The zero-order valence-electron chi connectivity index (χ0n) is 19.3. The van der Waals surface area contributed by atoms with Gasteiger partial charge in [-0.3, -0.25) is 19.3 Å². The van der Waals surface area contributed by atoms with Gasteiger partial charge in [0.25, 0.3) is 5.91 Å². The third kappa shape index (κ3) is 5.81. The summed E-state index contributed by atoms with van der Waals surface area (Å²) in [6.45, 7) is 7.35. The molecule has 1 saturated heterocycles. The van der Waals surface area contributed by atoms with E-state index in [4.69, 9.17) is 4.74 Å². The molecule has 0 spiro atoms. The SMILES string of the molecule is CC(C)CC(=O)C1C(=O)C(=O)N(c2ccc(SC(F)(F)F)cc2)C1c1ccccc1OC(C)C. The normalized spacial score (nSPS) is 18.8. The van der Waals surface area contributed by atoms with E-state index in [-0.39, 0.29) is 46.6 Å². The number of hydrogen-bond donors (Lipinski definition) is 0. The van der Waals surface area contributed by atoms with Crippen LogP contribution in [0.2, 0.25) is 0 Å². The number of carbonyl (C=O) groups is 3. The van der Waals surface area contributed by atoms with Crippen molar-refractivity contribution in [2.45, 2.75) is 56.7 Å². The summed E-state index contributed by atoms with van der Waals surface area (Å²) >= 11 is -0.272. The number of halogens is 3. The molecule has 2 aromatic carbocycles. The molecular weight excluding hydrogens is 467 g/mol. The largest absolute Gasteiger partial charge is 0.491 e. The lowest BCUT2D eigenvalue weighted by Crippen LogP contribution is -2.31. The lowest BCUT2D eigenvalue weighted by molar-refractivity contribution is -0.139. The number of ketones is 2. The van der Waals surface area contributed by atoms with Crippen molar-refractivity contribution >= 4 is 34.9 Å². The molecule has 182 valence electrons. The minimum absolute atomic E-state index is 0.0223. The van der Waals surface area contributed by atoms with Gasteiger partial charge in [-0.1, -0.05) is 32.0 Å². The first kappa shape index (κ1) is 25.8. The molecule has 2 unspecified atom stereocenters. The van der Waals surface area contributed by atoms with Crippen LogP contribution < -0.4 is 9.64 Å². The number of alkyl halides is 3. The Bertz CT molecular complexity index is 1070. The van der Waals surface area contributed by atoms with E-state index >= 15 is 0 Å². The van der Waals surface area contributed by atoms with Gasteiger partial charge in [-0.2, -0.15) is 13.2 Å². The predicted molar refractivity (Wildman–Crippen MR) is 124 cm³/mol. The first-order valence-corrected chi connectivity index (χ1v) is 11.7. The third-order valence-electron chi connectivity index (χ3n) is 5.21. The van der Waals surface area contributed by atoms with Crippen LogP contribution in [0.3, 0.4) is 0 Å². The fraction of sp³-hybridized carbons (Fsp3) is 0.400. The highest BCUT2D eigenvalue weighted by Gasteiger charge is 2.52. The molecule has 5 nitrogen and oxygen atoms in total. The molecule has 0 bridgehead atoms. The molecule has 1 fully saturated rings. The molecule has 0 radical (unpaired) electrons. The van der Waals surface area contributed by atoms with Crippen LogP contribution in [-0.4, -0.2) is 29.1 Å². The Hall–Kier alpha value is -2.81. The molecule has 0 aliphatic carbocycles. The Balaban J connectivity index is 2.11. The van der Waals surface area contributed by atoms with E-state index in [1.165, 1.54) is 29.2 Å². The molecule has 0 aromatic heterocycles. The second-order valence-corrected chi connectivity index (χ2v) is 9.91. The zero-order valence-corrected chi connectivity index (χ0v) is 20.1. The first-order chi connectivity index (χ1) is 15.9. The van der Waals surface area contributed by atoms with E-state index in [0.29, 0.717) is 11.3 Å². The average Bonchev–Trinajstić information content (AvgIpc) is 2.98. The number of benzene rings is 2. The maximum absolute atomic E-state index is 13.1. The van der Waals surface area contributed by atoms with Gasteiger partial charge >= 0.3 is 5.51 Å². The van der Waals surface area contributed by atoms with Crippen molar-refractivity contribution < 1.29 is 32.3 Å². The second kappa shape index (κ2) is 10.2. The van der Waals surface area contributed by atoms with Crippen molar-refractivity contribution in [3.8, 4) is 5.75 Å². The van der Waals surface area contributed by atoms with Gasteiger partial charge < -0.3 is 4.74 Å². The minimum atomic E-state index is -4.45. The number of carbonyl (C=O) groups excluding carboxylic acids is 3. The highest BCUT2D eigenvalue weighted by atomic mass is 32.2. The summed E-state index contributed by atoms with van der Waals surface area (Å²) < 4.78 is 44.1. The molecule has 2 atom stereocenters. The molecule has 1 aliphatic rings. The number of rotatable bonds is 8. The highest BCUT2D eigenvalue weighted by molar-refractivity contribution is 8.00. The van der Waals surface area contributed by atoms with Gasteiger partial charge in [0.1, 0.15) is 17.5 Å². The maximum atomic E-state index is 13.1. The molecule has 9 heteroatoms. The molecule has 0 N–H and O–H groups in total. The van der Waals surface area contributed by atoms with Crippen LogP contribution in [0.1, 0.15) is 45.7 Å². The van der Waals surface area contributed by atoms with E-state index in [9.17, 15) is 27.6 Å². The summed E-state index contributed by atoms with van der Waals surface area (Å²) in [5.74, 6) is -2.89. The summed E-state index contributed by atoms with van der Waals surface area (Å²) in [5.41, 5.74) is -3.73. The molecule has 34 heavy (non-hydrogen) atoms.